The molecule has 2 rings (SSSR count). The molecule has 0 aliphatic carbocycles. The average Bonchev–Trinajstić information content (AvgIpc) is 2.40. The maximum atomic E-state index is 9.82. The maximum Gasteiger partial charge on any atom is 0.125 e. The van der Waals surface area contributed by atoms with Gasteiger partial charge in [-0.1, -0.05) is 39.7 Å². The highest BCUT2D eigenvalue weighted by Crippen LogP contribution is 2.29. The Labute approximate surface area is 128 Å². The first kappa shape index (κ1) is 15.1. The molecule has 1 N–H and O–H groups in total. The molecular formula is C17H19BrO2. The van der Waals surface area contributed by atoms with Crippen LogP contribution in [0, 0.1) is 13.8 Å². The number of aryl methyl sites for hydroxylation is 2. The van der Waals surface area contributed by atoms with Crippen molar-refractivity contribution < 1.29 is 9.84 Å². The molecule has 3 heteroatoms. The summed E-state index contributed by atoms with van der Waals surface area (Å²) >= 11 is 3.42. The summed E-state index contributed by atoms with van der Waals surface area (Å²) < 4.78 is 6.83. The van der Waals surface area contributed by atoms with Crippen LogP contribution in [0.5, 0.6) is 5.75 Å². The summed E-state index contributed by atoms with van der Waals surface area (Å²) in [7, 11) is 0. The number of halogens is 1. The third-order valence-corrected chi connectivity index (χ3v) is 3.80. The zero-order chi connectivity index (χ0) is 14.7. The van der Waals surface area contributed by atoms with E-state index in [2.05, 4.69) is 48.0 Å². The lowest BCUT2D eigenvalue weighted by Gasteiger charge is -2.15. The number of hydrogen-bond acceptors (Lipinski definition) is 2. The van der Waals surface area contributed by atoms with Gasteiger partial charge in [0.2, 0.25) is 0 Å². The molecule has 2 nitrogen and oxygen atoms in total. The second-order valence-electron chi connectivity index (χ2n) is 5.08. The summed E-state index contributed by atoms with van der Waals surface area (Å²) in [5.41, 5.74) is 4.40. The highest BCUT2D eigenvalue weighted by atomic mass is 79.9. The Morgan fingerprint density at radius 3 is 2.60 bits per heavy atom. The largest absolute Gasteiger partial charge is 0.489 e. The van der Waals surface area contributed by atoms with Crippen LogP contribution in [0.4, 0.5) is 0 Å². The molecular weight excluding hydrogens is 316 g/mol. The molecule has 0 aliphatic heterocycles. The van der Waals surface area contributed by atoms with Gasteiger partial charge in [-0.2, -0.15) is 0 Å². The zero-order valence-corrected chi connectivity index (χ0v) is 13.6. The van der Waals surface area contributed by atoms with E-state index in [4.69, 9.17) is 4.74 Å². The van der Waals surface area contributed by atoms with Crippen LogP contribution in [0.2, 0.25) is 0 Å². The Hall–Kier alpha value is -1.32. The average molecular weight is 335 g/mol. The fourth-order valence-corrected chi connectivity index (χ4v) is 2.47. The van der Waals surface area contributed by atoms with E-state index < -0.39 is 6.10 Å². The lowest BCUT2D eigenvalue weighted by molar-refractivity contribution is 0.190. The number of aliphatic hydroxyl groups is 1. The molecule has 0 amide bonds. The van der Waals surface area contributed by atoms with Crippen molar-refractivity contribution in [2.75, 3.05) is 0 Å². The van der Waals surface area contributed by atoms with Crippen molar-refractivity contribution in [1.29, 1.82) is 0 Å². The van der Waals surface area contributed by atoms with Gasteiger partial charge in [0.05, 0.1) is 6.10 Å². The van der Waals surface area contributed by atoms with E-state index in [0.29, 0.717) is 6.61 Å². The van der Waals surface area contributed by atoms with Crippen LogP contribution < -0.4 is 4.74 Å². The molecule has 2 aromatic rings. The Bertz CT molecular complexity index is 606. The number of aliphatic hydroxyl groups excluding tert-OH is 1. The molecule has 0 heterocycles. The minimum Gasteiger partial charge on any atom is -0.489 e. The fraction of sp³-hybridized carbons (Fsp3) is 0.294. The van der Waals surface area contributed by atoms with Gasteiger partial charge in [-0.3, -0.25) is 0 Å². The molecule has 0 spiro atoms. The molecule has 0 saturated heterocycles. The van der Waals surface area contributed by atoms with Crippen LogP contribution in [-0.4, -0.2) is 5.11 Å². The van der Waals surface area contributed by atoms with Crippen LogP contribution in [0.25, 0.3) is 0 Å². The van der Waals surface area contributed by atoms with Crippen molar-refractivity contribution in [2.45, 2.75) is 33.5 Å². The van der Waals surface area contributed by atoms with Gasteiger partial charge in [-0.05, 0) is 50.1 Å². The van der Waals surface area contributed by atoms with Crippen LogP contribution in [0.1, 0.15) is 35.3 Å². The van der Waals surface area contributed by atoms with Gasteiger partial charge in [-0.25, -0.2) is 0 Å². The predicted molar refractivity (Wildman–Crippen MR) is 85.0 cm³/mol. The van der Waals surface area contributed by atoms with Crippen LogP contribution in [0.3, 0.4) is 0 Å². The lowest BCUT2D eigenvalue weighted by atomic mass is 10.1. The van der Waals surface area contributed by atoms with Gasteiger partial charge in [0.15, 0.2) is 0 Å². The third-order valence-electron chi connectivity index (χ3n) is 3.31. The van der Waals surface area contributed by atoms with E-state index in [1.165, 1.54) is 16.7 Å². The van der Waals surface area contributed by atoms with E-state index in [1.807, 2.05) is 18.2 Å². The molecule has 0 aromatic heterocycles. The number of rotatable bonds is 4. The highest BCUT2D eigenvalue weighted by molar-refractivity contribution is 9.10. The zero-order valence-electron chi connectivity index (χ0n) is 12.0. The Morgan fingerprint density at radius 2 is 1.90 bits per heavy atom. The SMILES string of the molecule is Cc1ccc(C)c(COc2ccc(Br)cc2[C@H](C)O)c1. The molecule has 0 aliphatic rings. The third kappa shape index (κ3) is 3.62. The summed E-state index contributed by atoms with van der Waals surface area (Å²) in [5, 5.41) is 9.82. The standard InChI is InChI=1S/C17H19BrO2/c1-11-4-5-12(2)14(8-11)10-20-17-7-6-15(18)9-16(17)13(3)19/h4-9,13,19H,10H2,1-3H3/t13-/m0/s1. The molecule has 0 bridgehead atoms. The van der Waals surface area contributed by atoms with Gasteiger partial charge in [0.25, 0.3) is 0 Å². The minimum absolute atomic E-state index is 0.509. The fourth-order valence-electron chi connectivity index (χ4n) is 2.09. The summed E-state index contributed by atoms with van der Waals surface area (Å²) in [6.45, 7) is 6.40. The topological polar surface area (TPSA) is 29.5 Å². The van der Waals surface area contributed by atoms with Crippen molar-refractivity contribution in [1.82, 2.24) is 0 Å². The maximum absolute atomic E-state index is 9.82. The monoisotopic (exact) mass is 334 g/mol. The van der Waals surface area contributed by atoms with Gasteiger partial charge in [0, 0.05) is 10.0 Å². The number of benzene rings is 2. The van der Waals surface area contributed by atoms with Crippen molar-refractivity contribution in [3.63, 3.8) is 0 Å². The quantitative estimate of drug-likeness (QED) is 0.878. The summed E-state index contributed by atoms with van der Waals surface area (Å²) in [5.74, 6) is 0.726. The molecule has 0 saturated carbocycles. The van der Waals surface area contributed by atoms with Crippen molar-refractivity contribution in [3.05, 3.63) is 63.1 Å². The van der Waals surface area contributed by atoms with Crippen molar-refractivity contribution >= 4 is 15.9 Å². The molecule has 0 fully saturated rings. The lowest BCUT2D eigenvalue weighted by Crippen LogP contribution is -2.02. The predicted octanol–water partition coefficient (Wildman–Crippen LogP) is 4.70. The first-order valence-corrected chi connectivity index (χ1v) is 7.43. The number of hydrogen-bond donors (Lipinski definition) is 1. The van der Waals surface area contributed by atoms with Crippen LogP contribution >= 0.6 is 15.9 Å². The summed E-state index contributed by atoms with van der Waals surface area (Å²) in [4.78, 5) is 0. The van der Waals surface area contributed by atoms with E-state index in [1.54, 1.807) is 6.92 Å². The van der Waals surface area contributed by atoms with E-state index in [9.17, 15) is 5.11 Å². The van der Waals surface area contributed by atoms with Crippen molar-refractivity contribution in [3.8, 4) is 5.75 Å². The Kier molecular flexibility index (Phi) is 4.84. The van der Waals surface area contributed by atoms with E-state index in [0.717, 1.165) is 15.8 Å². The van der Waals surface area contributed by atoms with E-state index in [-0.39, 0.29) is 0 Å². The Balaban J connectivity index is 2.20. The second kappa shape index (κ2) is 6.42. The number of ether oxygens (including phenoxy) is 1. The molecule has 0 unspecified atom stereocenters. The molecule has 20 heavy (non-hydrogen) atoms. The summed E-state index contributed by atoms with van der Waals surface area (Å²) in [6, 6.07) is 12.0. The van der Waals surface area contributed by atoms with Crippen LogP contribution in [-0.2, 0) is 6.61 Å². The summed E-state index contributed by atoms with van der Waals surface area (Å²) in [6.07, 6.45) is -0.555. The highest BCUT2D eigenvalue weighted by Gasteiger charge is 2.10. The van der Waals surface area contributed by atoms with Crippen LogP contribution in [0.15, 0.2) is 40.9 Å². The molecule has 1 atom stereocenters. The van der Waals surface area contributed by atoms with Gasteiger partial charge >= 0.3 is 0 Å². The smallest absolute Gasteiger partial charge is 0.125 e. The molecule has 106 valence electrons. The van der Waals surface area contributed by atoms with E-state index >= 15 is 0 Å². The van der Waals surface area contributed by atoms with Gasteiger partial charge in [0.1, 0.15) is 12.4 Å². The van der Waals surface area contributed by atoms with Gasteiger partial charge in [-0.15, -0.1) is 0 Å². The van der Waals surface area contributed by atoms with Crippen molar-refractivity contribution in [2.24, 2.45) is 0 Å². The normalized spacial score (nSPS) is 12.2. The minimum atomic E-state index is -0.555. The van der Waals surface area contributed by atoms with Gasteiger partial charge < -0.3 is 9.84 Å². The molecule has 0 radical (unpaired) electrons. The first-order chi connectivity index (χ1) is 9.47. The molecule has 2 aromatic carbocycles. The second-order valence-corrected chi connectivity index (χ2v) is 5.99. The Morgan fingerprint density at radius 1 is 1.15 bits per heavy atom. The first-order valence-electron chi connectivity index (χ1n) is 6.64.